The molecule has 94 valence electrons. The fourth-order valence-electron chi connectivity index (χ4n) is 2.18. The Kier molecular flexibility index (Phi) is 4.42. The Morgan fingerprint density at radius 1 is 1.41 bits per heavy atom. The van der Waals surface area contributed by atoms with Crippen molar-refractivity contribution in [2.24, 2.45) is 0 Å². The summed E-state index contributed by atoms with van der Waals surface area (Å²) in [6.45, 7) is 3.07. The van der Waals surface area contributed by atoms with Crippen LogP contribution in [0.15, 0.2) is 28.7 Å². The van der Waals surface area contributed by atoms with Crippen molar-refractivity contribution in [3.8, 4) is 5.75 Å². The minimum atomic E-state index is 0.141. The Hall–Kier alpha value is -0.580. The molecule has 0 heterocycles. The van der Waals surface area contributed by atoms with Gasteiger partial charge >= 0.3 is 0 Å². The lowest BCUT2D eigenvalue weighted by molar-refractivity contribution is -0.0886. The molecule has 3 nitrogen and oxygen atoms in total. The SMILES string of the molecule is CCNC1CC(Oc2ccccc2Br)C1OC. The van der Waals surface area contributed by atoms with Crippen molar-refractivity contribution in [2.45, 2.75) is 31.6 Å². The van der Waals surface area contributed by atoms with E-state index >= 15 is 0 Å². The van der Waals surface area contributed by atoms with E-state index in [4.69, 9.17) is 9.47 Å². The summed E-state index contributed by atoms with van der Waals surface area (Å²) in [5.74, 6) is 0.884. The van der Waals surface area contributed by atoms with E-state index in [0.717, 1.165) is 23.2 Å². The van der Waals surface area contributed by atoms with Crippen LogP contribution in [0.5, 0.6) is 5.75 Å². The van der Waals surface area contributed by atoms with Gasteiger partial charge in [0.05, 0.1) is 4.47 Å². The molecule has 1 aromatic rings. The number of benzene rings is 1. The van der Waals surface area contributed by atoms with Gasteiger partial charge in [-0.2, -0.15) is 0 Å². The molecule has 3 unspecified atom stereocenters. The molecule has 1 saturated carbocycles. The molecule has 0 saturated heterocycles. The zero-order valence-electron chi connectivity index (χ0n) is 10.2. The molecule has 1 aliphatic rings. The van der Waals surface area contributed by atoms with Gasteiger partial charge in [-0.1, -0.05) is 19.1 Å². The predicted molar refractivity (Wildman–Crippen MR) is 71.4 cm³/mol. The Bertz CT molecular complexity index is 372. The van der Waals surface area contributed by atoms with Gasteiger partial charge in [0.2, 0.25) is 0 Å². The summed E-state index contributed by atoms with van der Waals surface area (Å²) < 4.78 is 12.4. The maximum absolute atomic E-state index is 5.95. The van der Waals surface area contributed by atoms with Crippen LogP contribution in [0.3, 0.4) is 0 Å². The fraction of sp³-hybridized carbons (Fsp3) is 0.538. The first-order valence-electron chi connectivity index (χ1n) is 5.93. The minimum Gasteiger partial charge on any atom is -0.486 e. The Labute approximate surface area is 111 Å². The van der Waals surface area contributed by atoms with Gasteiger partial charge < -0.3 is 14.8 Å². The van der Waals surface area contributed by atoms with E-state index in [1.54, 1.807) is 7.11 Å². The second-order valence-corrected chi connectivity index (χ2v) is 5.04. The van der Waals surface area contributed by atoms with E-state index in [1.807, 2.05) is 24.3 Å². The molecule has 0 aliphatic heterocycles. The van der Waals surface area contributed by atoms with Gasteiger partial charge in [0.25, 0.3) is 0 Å². The summed E-state index contributed by atoms with van der Waals surface area (Å²) in [6, 6.07) is 8.32. The van der Waals surface area contributed by atoms with Crippen LogP contribution in [-0.2, 0) is 4.74 Å². The van der Waals surface area contributed by atoms with Gasteiger partial charge in [-0.05, 0) is 34.6 Å². The van der Waals surface area contributed by atoms with Gasteiger partial charge in [-0.3, -0.25) is 0 Å². The molecule has 1 aliphatic carbocycles. The monoisotopic (exact) mass is 299 g/mol. The highest BCUT2D eigenvalue weighted by Gasteiger charge is 2.42. The molecule has 0 aromatic heterocycles. The number of hydrogen-bond donors (Lipinski definition) is 1. The maximum atomic E-state index is 5.95. The maximum Gasteiger partial charge on any atom is 0.134 e. The van der Waals surface area contributed by atoms with E-state index in [1.165, 1.54) is 0 Å². The van der Waals surface area contributed by atoms with Gasteiger partial charge in [0.15, 0.2) is 0 Å². The molecule has 4 heteroatoms. The molecule has 0 spiro atoms. The number of ether oxygens (including phenoxy) is 2. The number of halogens is 1. The first kappa shape index (κ1) is 12.9. The van der Waals surface area contributed by atoms with Crippen LogP contribution in [0, 0.1) is 0 Å². The van der Waals surface area contributed by atoms with Crippen LogP contribution in [-0.4, -0.2) is 31.9 Å². The van der Waals surface area contributed by atoms with Crippen LogP contribution in [0.25, 0.3) is 0 Å². The summed E-state index contributed by atoms with van der Waals surface area (Å²) in [6.07, 6.45) is 1.28. The van der Waals surface area contributed by atoms with E-state index in [-0.39, 0.29) is 12.2 Å². The third-order valence-electron chi connectivity index (χ3n) is 3.10. The summed E-state index contributed by atoms with van der Waals surface area (Å²) >= 11 is 3.48. The Balaban J connectivity index is 1.95. The minimum absolute atomic E-state index is 0.141. The molecular formula is C13H18BrNO2. The Morgan fingerprint density at radius 2 is 2.18 bits per heavy atom. The smallest absolute Gasteiger partial charge is 0.134 e. The van der Waals surface area contributed by atoms with Crippen molar-refractivity contribution >= 4 is 15.9 Å². The van der Waals surface area contributed by atoms with Crippen molar-refractivity contribution in [2.75, 3.05) is 13.7 Å². The van der Waals surface area contributed by atoms with Crippen molar-refractivity contribution in [3.05, 3.63) is 28.7 Å². The summed E-state index contributed by atoms with van der Waals surface area (Å²) in [7, 11) is 1.74. The van der Waals surface area contributed by atoms with E-state index in [2.05, 4.69) is 28.2 Å². The van der Waals surface area contributed by atoms with Gasteiger partial charge in [-0.25, -0.2) is 0 Å². The molecule has 0 bridgehead atoms. The lowest BCUT2D eigenvalue weighted by Crippen LogP contribution is -2.60. The van der Waals surface area contributed by atoms with Crippen LogP contribution in [0.1, 0.15) is 13.3 Å². The van der Waals surface area contributed by atoms with Crippen molar-refractivity contribution in [1.29, 1.82) is 0 Å². The first-order valence-corrected chi connectivity index (χ1v) is 6.73. The fourth-order valence-corrected chi connectivity index (χ4v) is 2.56. The quantitative estimate of drug-likeness (QED) is 0.906. The highest BCUT2D eigenvalue weighted by Crippen LogP contribution is 2.32. The van der Waals surface area contributed by atoms with E-state index in [9.17, 15) is 0 Å². The van der Waals surface area contributed by atoms with Crippen LogP contribution < -0.4 is 10.1 Å². The number of methoxy groups -OCH3 is 1. The molecule has 17 heavy (non-hydrogen) atoms. The second kappa shape index (κ2) is 5.85. The third kappa shape index (κ3) is 2.81. The third-order valence-corrected chi connectivity index (χ3v) is 3.76. The number of nitrogens with one attached hydrogen (secondary N) is 1. The standard InChI is InChI=1S/C13H18BrNO2/c1-3-15-10-8-12(13(10)16-2)17-11-7-5-4-6-9(11)14/h4-7,10,12-13,15H,3,8H2,1-2H3. The average Bonchev–Trinajstić information content (AvgIpc) is 2.30. The second-order valence-electron chi connectivity index (χ2n) is 4.19. The molecule has 2 rings (SSSR count). The summed E-state index contributed by atoms with van der Waals surface area (Å²) in [4.78, 5) is 0. The lowest BCUT2D eigenvalue weighted by atomic mass is 9.85. The zero-order valence-corrected chi connectivity index (χ0v) is 11.7. The van der Waals surface area contributed by atoms with E-state index < -0.39 is 0 Å². The lowest BCUT2D eigenvalue weighted by Gasteiger charge is -2.43. The van der Waals surface area contributed by atoms with Crippen molar-refractivity contribution in [1.82, 2.24) is 5.32 Å². The number of rotatable bonds is 5. The number of likely N-dealkylation sites (N-methyl/N-ethyl adjacent to an activating group) is 1. The Morgan fingerprint density at radius 3 is 2.82 bits per heavy atom. The van der Waals surface area contributed by atoms with Crippen LogP contribution in [0.2, 0.25) is 0 Å². The topological polar surface area (TPSA) is 30.5 Å². The predicted octanol–water partition coefficient (Wildman–Crippen LogP) is 2.59. The van der Waals surface area contributed by atoms with Crippen molar-refractivity contribution in [3.63, 3.8) is 0 Å². The van der Waals surface area contributed by atoms with Gasteiger partial charge in [0.1, 0.15) is 18.0 Å². The molecule has 1 aromatic carbocycles. The first-order chi connectivity index (χ1) is 8.26. The van der Waals surface area contributed by atoms with E-state index in [0.29, 0.717) is 6.04 Å². The number of hydrogen-bond acceptors (Lipinski definition) is 3. The molecule has 3 atom stereocenters. The normalized spacial score (nSPS) is 27.6. The molecular weight excluding hydrogens is 282 g/mol. The summed E-state index contributed by atoms with van der Waals surface area (Å²) in [5.41, 5.74) is 0. The summed E-state index contributed by atoms with van der Waals surface area (Å²) in [5, 5.41) is 3.40. The molecule has 0 radical (unpaired) electrons. The molecule has 1 N–H and O–H groups in total. The van der Waals surface area contributed by atoms with Crippen LogP contribution in [0.4, 0.5) is 0 Å². The van der Waals surface area contributed by atoms with Gasteiger partial charge in [-0.15, -0.1) is 0 Å². The number of para-hydroxylation sites is 1. The van der Waals surface area contributed by atoms with Crippen LogP contribution >= 0.6 is 15.9 Å². The molecule has 0 amide bonds. The highest BCUT2D eigenvalue weighted by molar-refractivity contribution is 9.10. The van der Waals surface area contributed by atoms with Crippen molar-refractivity contribution < 1.29 is 9.47 Å². The largest absolute Gasteiger partial charge is 0.486 e. The molecule has 1 fully saturated rings. The zero-order chi connectivity index (χ0) is 12.3. The highest BCUT2D eigenvalue weighted by atomic mass is 79.9. The van der Waals surface area contributed by atoms with Gasteiger partial charge in [0, 0.05) is 19.6 Å². The average molecular weight is 300 g/mol.